The summed E-state index contributed by atoms with van der Waals surface area (Å²) in [7, 11) is 0. The topological polar surface area (TPSA) is 50.4 Å². The van der Waals surface area contributed by atoms with E-state index in [-0.39, 0.29) is 17.9 Å². The van der Waals surface area contributed by atoms with Gasteiger partial charge in [0.15, 0.2) is 0 Å². The first-order valence-electron chi connectivity index (χ1n) is 6.95. The molecule has 0 bridgehead atoms. The Kier molecular flexibility index (Phi) is 4.80. The number of carbonyl (C=O) groups excluding carboxylic acids is 1. The van der Waals surface area contributed by atoms with Crippen molar-refractivity contribution in [2.45, 2.75) is 26.3 Å². The van der Waals surface area contributed by atoms with E-state index in [0.29, 0.717) is 13.2 Å². The van der Waals surface area contributed by atoms with Crippen LogP contribution in [0.25, 0.3) is 0 Å². The highest BCUT2D eigenvalue weighted by atomic mass is 16.5. The molecular formula is C15H22N2O2. The van der Waals surface area contributed by atoms with Crippen molar-refractivity contribution in [2.24, 2.45) is 5.92 Å². The van der Waals surface area contributed by atoms with Crippen LogP contribution in [0.5, 0.6) is 5.75 Å². The van der Waals surface area contributed by atoms with Crippen LogP contribution in [0.3, 0.4) is 0 Å². The normalized spacial score (nSPS) is 19.2. The summed E-state index contributed by atoms with van der Waals surface area (Å²) in [5.41, 5.74) is 1.08. The Hall–Kier alpha value is -1.55. The molecular weight excluding hydrogens is 240 g/mol. The maximum Gasteiger partial charge on any atom is 0.224 e. The fourth-order valence-electron chi connectivity index (χ4n) is 2.26. The average molecular weight is 262 g/mol. The van der Waals surface area contributed by atoms with Crippen molar-refractivity contribution in [2.75, 3.05) is 19.7 Å². The van der Waals surface area contributed by atoms with Crippen LogP contribution in [-0.2, 0) is 4.79 Å². The van der Waals surface area contributed by atoms with Gasteiger partial charge in [-0.1, -0.05) is 32.0 Å². The van der Waals surface area contributed by atoms with Gasteiger partial charge >= 0.3 is 0 Å². The van der Waals surface area contributed by atoms with Crippen LogP contribution >= 0.6 is 0 Å². The molecule has 0 aliphatic carbocycles. The van der Waals surface area contributed by atoms with Gasteiger partial charge in [-0.05, 0) is 12.6 Å². The van der Waals surface area contributed by atoms with E-state index < -0.39 is 0 Å². The summed E-state index contributed by atoms with van der Waals surface area (Å²) in [5, 5.41) is 6.32. The van der Waals surface area contributed by atoms with E-state index in [4.69, 9.17) is 4.74 Å². The van der Waals surface area contributed by atoms with Crippen LogP contribution < -0.4 is 15.4 Å². The lowest BCUT2D eigenvalue weighted by Gasteiger charge is -2.27. The van der Waals surface area contributed by atoms with Crippen molar-refractivity contribution in [3.63, 3.8) is 0 Å². The molecule has 19 heavy (non-hydrogen) atoms. The van der Waals surface area contributed by atoms with E-state index in [1.165, 1.54) is 0 Å². The van der Waals surface area contributed by atoms with Gasteiger partial charge in [-0.25, -0.2) is 0 Å². The van der Waals surface area contributed by atoms with Crippen LogP contribution in [0.1, 0.15) is 31.9 Å². The number of fused-ring (bicyclic) bond motifs is 1. The van der Waals surface area contributed by atoms with Crippen LogP contribution in [0.4, 0.5) is 0 Å². The first kappa shape index (κ1) is 13.9. The van der Waals surface area contributed by atoms with Crippen molar-refractivity contribution in [1.29, 1.82) is 0 Å². The largest absolute Gasteiger partial charge is 0.493 e. The van der Waals surface area contributed by atoms with Gasteiger partial charge in [0.05, 0.1) is 12.6 Å². The lowest BCUT2D eigenvalue weighted by molar-refractivity contribution is -0.125. The SMILES string of the molecule is CCNCC(C)C(=O)NC1CCOc2ccccc21. The zero-order valence-corrected chi connectivity index (χ0v) is 11.6. The van der Waals surface area contributed by atoms with Gasteiger partial charge < -0.3 is 15.4 Å². The maximum absolute atomic E-state index is 12.1. The fourth-order valence-corrected chi connectivity index (χ4v) is 2.26. The molecule has 0 fully saturated rings. The molecule has 1 heterocycles. The predicted octanol–water partition coefficient (Wildman–Crippen LogP) is 1.87. The quantitative estimate of drug-likeness (QED) is 0.851. The number of hydrogen-bond donors (Lipinski definition) is 2. The molecule has 1 aromatic rings. The van der Waals surface area contributed by atoms with Crippen LogP contribution in [-0.4, -0.2) is 25.6 Å². The number of hydrogen-bond acceptors (Lipinski definition) is 3. The number of para-hydroxylation sites is 1. The van der Waals surface area contributed by atoms with E-state index in [0.717, 1.165) is 24.3 Å². The molecule has 0 spiro atoms. The minimum atomic E-state index is -0.0186. The molecule has 1 amide bonds. The minimum absolute atomic E-state index is 0.0186. The third-order valence-electron chi connectivity index (χ3n) is 3.42. The first-order valence-corrected chi connectivity index (χ1v) is 6.95. The molecule has 4 nitrogen and oxygen atoms in total. The summed E-state index contributed by atoms with van der Waals surface area (Å²) in [4.78, 5) is 12.1. The van der Waals surface area contributed by atoms with Crippen LogP contribution in [0.2, 0.25) is 0 Å². The van der Waals surface area contributed by atoms with Gasteiger partial charge in [0.1, 0.15) is 5.75 Å². The molecule has 104 valence electrons. The Morgan fingerprint density at radius 3 is 3.05 bits per heavy atom. The van der Waals surface area contributed by atoms with Gasteiger partial charge in [-0.2, -0.15) is 0 Å². The maximum atomic E-state index is 12.1. The molecule has 2 N–H and O–H groups in total. The minimum Gasteiger partial charge on any atom is -0.493 e. The molecule has 1 aliphatic rings. The fraction of sp³-hybridized carbons (Fsp3) is 0.533. The molecule has 2 unspecified atom stereocenters. The lowest BCUT2D eigenvalue weighted by Crippen LogP contribution is -2.38. The molecule has 0 aromatic heterocycles. The highest BCUT2D eigenvalue weighted by Gasteiger charge is 2.24. The summed E-state index contributed by atoms with van der Waals surface area (Å²) in [5.74, 6) is 0.969. The standard InChI is InChI=1S/C15H22N2O2/c1-3-16-10-11(2)15(18)17-13-8-9-19-14-7-5-4-6-12(13)14/h4-7,11,13,16H,3,8-10H2,1-2H3,(H,17,18). The third kappa shape index (κ3) is 3.47. The molecule has 4 heteroatoms. The molecule has 1 aromatic carbocycles. The van der Waals surface area contributed by atoms with Crippen molar-refractivity contribution in [3.8, 4) is 5.75 Å². The zero-order chi connectivity index (χ0) is 13.7. The molecule has 0 radical (unpaired) electrons. The van der Waals surface area contributed by atoms with Crippen molar-refractivity contribution in [1.82, 2.24) is 10.6 Å². The molecule has 2 rings (SSSR count). The number of rotatable bonds is 5. The second-order valence-electron chi connectivity index (χ2n) is 4.94. The Bertz CT molecular complexity index is 434. The van der Waals surface area contributed by atoms with E-state index in [2.05, 4.69) is 10.6 Å². The number of carbonyl (C=O) groups is 1. The number of benzene rings is 1. The van der Waals surface area contributed by atoms with E-state index >= 15 is 0 Å². The monoisotopic (exact) mass is 262 g/mol. The van der Waals surface area contributed by atoms with E-state index in [1.54, 1.807) is 0 Å². The Morgan fingerprint density at radius 2 is 2.26 bits per heavy atom. The number of amides is 1. The summed E-state index contributed by atoms with van der Waals surface area (Å²) < 4.78 is 5.60. The van der Waals surface area contributed by atoms with Gasteiger partial charge in [-0.15, -0.1) is 0 Å². The summed E-state index contributed by atoms with van der Waals surface area (Å²) in [6, 6.07) is 7.98. The highest BCUT2D eigenvalue weighted by molar-refractivity contribution is 5.79. The first-order chi connectivity index (χ1) is 9.22. The Morgan fingerprint density at radius 1 is 1.47 bits per heavy atom. The molecule has 1 aliphatic heterocycles. The second kappa shape index (κ2) is 6.57. The summed E-state index contributed by atoms with van der Waals surface area (Å²) in [6.07, 6.45) is 0.830. The molecule has 2 atom stereocenters. The Labute approximate surface area is 114 Å². The average Bonchev–Trinajstić information content (AvgIpc) is 2.45. The van der Waals surface area contributed by atoms with Crippen molar-refractivity contribution in [3.05, 3.63) is 29.8 Å². The Balaban J connectivity index is 1.98. The predicted molar refractivity (Wildman–Crippen MR) is 75.1 cm³/mol. The van der Waals surface area contributed by atoms with E-state index in [9.17, 15) is 4.79 Å². The van der Waals surface area contributed by atoms with E-state index in [1.807, 2.05) is 38.1 Å². The van der Waals surface area contributed by atoms with Gasteiger partial charge in [0.25, 0.3) is 0 Å². The van der Waals surface area contributed by atoms with Crippen molar-refractivity contribution >= 4 is 5.91 Å². The smallest absolute Gasteiger partial charge is 0.224 e. The van der Waals surface area contributed by atoms with Crippen molar-refractivity contribution < 1.29 is 9.53 Å². The lowest BCUT2D eigenvalue weighted by atomic mass is 9.99. The zero-order valence-electron chi connectivity index (χ0n) is 11.6. The molecule has 0 saturated heterocycles. The number of nitrogens with one attached hydrogen (secondary N) is 2. The van der Waals surface area contributed by atoms with Gasteiger partial charge in [-0.3, -0.25) is 4.79 Å². The van der Waals surface area contributed by atoms with Gasteiger partial charge in [0.2, 0.25) is 5.91 Å². The summed E-state index contributed by atoms with van der Waals surface area (Å²) >= 11 is 0. The second-order valence-corrected chi connectivity index (χ2v) is 4.94. The van der Waals surface area contributed by atoms with Gasteiger partial charge in [0, 0.05) is 24.4 Å². The molecule has 0 saturated carbocycles. The summed E-state index contributed by atoms with van der Waals surface area (Å²) in [6.45, 7) is 6.25. The van der Waals surface area contributed by atoms with Crippen LogP contribution in [0.15, 0.2) is 24.3 Å². The number of ether oxygens (including phenoxy) is 1. The highest BCUT2D eigenvalue weighted by Crippen LogP contribution is 2.31. The van der Waals surface area contributed by atoms with Crippen LogP contribution in [0, 0.1) is 5.92 Å². The third-order valence-corrected chi connectivity index (χ3v) is 3.42.